The average Bonchev–Trinajstić information content (AvgIpc) is 3.27. The van der Waals surface area contributed by atoms with E-state index in [9.17, 15) is 0 Å². The molecule has 0 bridgehead atoms. The summed E-state index contributed by atoms with van der Waals surface area (Å²) in [5.74, 6) is 3.31. The fraction of sp³-hybridized carbons (Fsp3) is 0.700. The lowest BCUT2D eigenvalue weighted by Crippen LogP contribution is -2.53. The molecule has 0 spiro atoms. The highest BCUT2D eigenvalue weighted by atomic mass is 28.3. The van der Waals surface area contributed by atoms with Gasteiger partial charge in [-0.3, -0.25) is 4.90 Å². The van der Waals surface area contributed by atoms with Gasteiger partial charge in [0, 0.05) is 33.3 Å². The SMILES string of the molecule is CC(C)CC1=CC2C3C=CC=CC3C3CC3N2CC1[SiH](C)C. The van der Waals surface area contributed by atoms with E-state index in [-0.39, 0.29) is 0 Å². The van der Waals surface area contributed by atoms with Gasteiger partial charge in [0.05, 0.1) is 0 Å². The Morgan fingerprint density at radius 3 is 2.59 bits per heavy atom. The molecule has 2 fully saturated rings. The van der Waals surface area contributed by atoms with Crippen molar-refractivity contribution in [2.24, 2.45) is 23.7 Å². The van der Waals surface area contributed by atoms with Gasteiger partial charge in [0.25, 0.3) is 0 Å². The van der Waals surface area contributed by atoms with Gasteiger partial charge in [0.15, 0.2) is 0 Å². The molecule has 120 valence electrons. The smallest absolute Gasteiger partial charge is 0.0400 e. The number of fused-ring (bicyclic) bond motifs is 6. The third-order valence-electron chi connectivity index (χ3n) is 6.44. The highest BCUT2D eigenvalue weighted by Gasteiger charge is 2.57. The molecular weight excluding hydrogens is 282 g/mol. The molecule has 0 amide bonds. The topological polar surface area (TPSA) is 3.24 Å². The molecule has 0 aromatic heterocycles. The first-order valence-corrected chi connectivity index (χ1v) is 12.3. The molecule has 1 saturated carbocycles. The van der Waals surface area contributed by atoms with Crippen LogP contribution in [0.25, 0.3) is 0 Å². The van der Waals surface area contributed by atoms with Crippen LogP contribution in [-0.4, -0.2) is 32.3 Å². The predicted molar refractivity (Wildman–Crippen MR) is 97.8 cm³/mol. The van der Waals surface area contributed by atoms with Gasteiger partial charge in [-0.15, -0.1) is 0 Å². The molecule has 4 rings (SSSR count). The molecule has 0 radical (unpaired) electrons. The van der Waals surface area contributed by atoms with Gasteiger partial charge in [-0.25, -0.2) is 0 Å². The van der Waals surface area contributed by atoms with Crippen LogP contribution in [0.4, 0.5) is 0 Å². The van der Waals surface area contributed by atoms with Crippen LogP contribution in [0.2, 0.25) is 18.6 Å². The Bertz CT molecular complexity index is 530. The number of rotatable bonds is 3. The highest BCUT2D eigenvalue weighted by molar-refractivity contribution is 6.58. The third-order valence-corrected chi connectivity index (χ3v) is 8.69. The zero-order chi connectivity index (χ0) is 15.4. The zero-order valence-corrected chi connectivity index (χ0v) is 15.7. The lowest BCUT2D eigenvalue weighted by atomic mass is 9.74. The standard InChI is InChI=1S/C20H31NSi/c1-13(2)9-14-10-18-16-8-6-5-7-15(16)17-11-19(17)21(18)12-20(14)22(3)4/h5-8,10,13,15-20,22H,9,11-12H2,1-4H3. The van der Waals surface area contributed by atoms with Crippen molar-refractivity contribution in [1.29, 1.82) is 0 Å². The molecule has 2 heteroatoms. The van der Waals surface area contributed by atoms with Gasteiger partial charge < -0.3 is 0 Å². The Kier molecular flexibility index (Phi) is 3.73. The van der Waals surface area contributed by atoms with Crippen molar-refractivity contribution in [2.45, 2.75) is 57.4 Å². The highest BCUT2D eigenvalue weighted by Crippen LogP contribution is 2.55. The Labute approximate surface area is 137 Å². The van der Waals surface area contributed by atoms with Crippen LogP contribution < -0.4 is 0 Å². The molecule has 1 nitrogen and oxygen atoms in total. The van der Waals surface area contributed by atoms with Crippen LogP contribution in [0.3, 0.4) is 0 Å². The summed E-state index contributed by atoms with van der Waals surface area (Å²) in [6.07, 6.45) is 15.1. The molecule has 0 aromatic rings. The first-order chi connectivity index (χ1) is 10.6. The predicted octanol–water partition coefficient (Wildman–Crippen LogP) is 4.26. The number of piperidine rings is 1. The third kappa shape index (κ3) is 2.39. The van der Waals surface area contributed by atoms with E-state index in [0.29, 0.717) is 6.04 Å². The molecular formula is C20H31NSi. The molecule has 2 heterocycles. The monoisotopic (exact) mass is 313 g/mol. The summed E-state index contributed by atoms with van der Waals surface area (Å²) in [6.45, 7) is 11.3. The largest absolute Gasteiger partial charge is 0.293 e. The Morgan fingerprint density at radius 2 is 1.91 bits per heavy atom. The maximum atomic E-state index is 2.91. The summed E-state index contributed by atoms with van der Waals surface area (Å²) >= 11 is 0. The van der Waals surface area contributed by atoms with Crippen molar-refractivity contribution in [2.75, 3.05) is 6.54 Å². The number of nitrogens with zero attached hydrogens (tertiary/aromatic N) is 1. The van der Waals surface area contributed by atoms with E-state index in [1.54, 1.807) is 0 Å². The second-order valence-corrected chi connectivity index (χ2v) is 12.1. The Hall–Kier alpha value is -0.603. The second-order valence-electron chi connectivity index (χ2n) is 8.77. The van der Waals surface area contributed by atoms with Crippen LogP contribution in [0.1, 0.15) is 26.7 Å². The van der Waals surface area contributed by atoms with Crippen molar-refractivity contribution < 1.29 is 0 Å². The normalized spacial score (nSPS) is 42.9. The number of hydrogen-bond donors (Lipinski definition) is 0. The van der Waals surface area contributed by atoms with Crippen molar-refractivity contribution in [3.63, 3.8) is 0 Å². The van der Waals surface area contributed by atoms with Crippen LogP contribution >= 0.6 is 0 Å². The van der Waals surface area contributed by atoms with Crippen LogP contribution in [0, 0.1) is 23.7 Å². The van der Waals surface area contributed by atoms with E-state index in [2.05, 4.69) is 62.2 Å². The molecule has 0 aromatic carbocycles. The lowest BCUT2D eigenvalue weighted by molar-refractivity contribution is 0.100. The number of hydrogen-bond acceptors (Lipinski definition) is 1. The maximum Gasteiger partial charge on any atom is 0.0400 e. The lowest BCUT2D eigenvalue weighted by Gasteiger charge is -2.48. The molecule has 22 heavy (non-hydrogen) atoms. The Morgan fingerprint density at radius 1 is 1.18 bits per heavy atom. The summed E-state index contributed by atoms with van der Waals surface area (Å²) in [7, 11) is -0.624. The Balaban J connectivity index is 1.68. The van der Waals surface area contributed by atoms with Gasteiger partial charge in [0.1, 0.15) is 0 Å². The van der Waals surface area contributed by atoms with Crippen molar-refractivity contribution in [3.05, 3.63) is 36.0 Å². The molecule has 4 aliphatic rings. The quantitative estimate of drug-likeness (QED) is 0.556. The molecule has 2 aliphatic carbocycles. The van der Waals surface area contributed by atoms with E-state index in [1.165, 1.54) is 19.4 Å². The van der Waals surface area contributed by atoms with Crippen LogP contribution in [0.5, 0.6) is 0 Å². The molecule has 2 aliphatic heterocycles. The first-order valence-electron chi connectivity index (χ1n) is 9.37. The van der Waals surface area contributed by atoms with E-state index in [4.69, 9.17) is 0 Å². The minimum atomic E-state index is -0.624. The zero-order valence-electron chi connectivity index (χ0n) is 14.6. The van der Waals surface area contributed by atoms with Crippen molar-refractivity contribution >= 4 is 8.80 Å². The van der Waals surface area contributed by atoms with Crippen LogP contribution in [0.15, 0.2) is 36.0 Å². The van der Waals surface area contributed by atoms with Gasteiger partial charge >= 0.3 is 0 Å². The maximum absolute atomic E-state index is 2.91. The van der Waals surface area contributed by atoms with E-state index < -0.39 is 8.80 Å². The number of allylic oxidation sites excluding steroid dienone is 3. The molecule has 1 saturated heterocycles. The van der Waals surface area contributed by atoms with Crippen molar-refractivity contribution in [3.8, 4) is 0 Å². The molecule has 6 atom stereocenters. The summed E-state index contributed by atoms with van der Waals surface area (Å²) in [5.41, 5.74) is 2.73. The summed E-state index contributed by atoms with van der Waals surface area (Å²) in [6, 6.07) is 1.59. The van der Waals surface area contributed by atoms with Gasteiger partial charge in [0.2, 0.25) is 0 Å². The fourth-order valence-electron chi connectivity index (χ4n) is 5.33. The fourth-order valence-corrected chi connectivity index (χ4v) is 7.10. The summed E-state index contributed by atoms with van der Waals surface area (Å²) < 4.78 is 0. The van der Waals surface area contributed by atoms with E-state index in [0.717, 1.165) is 35.3 Å². The van der Waals surface area contributed by atoms with Gasteiger partial charge in [-0.1, -0.05) is 62.9 Å². The van der Waals surface area contributed by atoms with Crippen LogP contribution in [-0.2, 0) is 0 Å². The van der Waals surface area contributed by atoms with E-state index >= 15 is 0 Å². The average molecular weight is 314 g/mol. The first kappa shape index (κ1) is 15.0. The minimum absolute atomic E-state index is 0.624. The van der Waals surface area contributed by atoms with Gasteiger partial charge in [-0.05, 0) is 36.1 Å². The van der Waals surface area contributed by atoms with Crippen molar-refractivity contribution in [1.82, 2.24) is 4.90 Å². The molecule has 0 N–H and O–H groups in total. The molecule has 6 unspecified atom stereocenters. The van der Waals surface area contributed by atoms with Gasteiger partial charge in [-0.2, -0.15) is 0 Å². The summed E-state index contributed by atoms with van der Waals surface area (Å²) in [4.78, 5) is 2.91. The van der Waals surface area contributed by atoms with E-state index in [1.807, 2.05) is 5.57 Å². The summed E-state index contributed by atoms with van der Waals surface area (Å²) in [5, 5.41) is 0. The minimum Gasteiger partial charge on any atom is -0.293 e. The second kappa shape index (κ2) is 5.49.